The molecule has 3 atom stereocenters. The largest absolute Gasteiger partial charge is 0.264 e. The molecule has 0 bridgehead atoms. The lowest BCUT2D eigenvalue weighted by Gasteiger charge is -2.31. The summed E-state index contributed by atoms with van der Waals surface area (Å²) in [7, 11) is 0. The van der Waals surface area contributed by atoms with Crippen LogP contribution in [0.15, 0.2) is 122 Å². The van der Waals surface area contributed by atoms with Crippen LogP contribution < -0.4 is 0 Å². The molecule has 0 saturated carbocycles. The highest BCUT2D eigenvalue weighted by atomic mass is 14.6. The smallest absolute Gasteiger partial charge is 0.0346 e. The SMILES string of the molecule is C1=CC2CC=C(c3c4ccccc4c(C4C=CC(c5cccnc5)=CC4)c4ccccc34)CC2C=C1. The van der Waals surface area contributed by atoms with Gasteiger partial charge in [0, 0.05) is 18.3 Å². The second kappa shape index (κ2) is 8.91. The molecule has 4 aromatic rings. The van der Waals surface area contributed by atoms with Gasteiger partial charge in [0.15, 0.2) is 0 Å². The summed E-state index contributed by atoms with van der Waals surface area (Å²) in [6.07, 6.45) is 25.9. The predicted octanol–water partition coefficient (Wildman–Crippen LogP) is 9.05. The Kier molecular flexibility index (Phi) is 5.28. The van der Waals surface area contributed by atoms with Gasteiger partial charge in [0.25, 0.3) is 0 Å². The number of pyridine rings is 1. The minimum atomic E-state index is 0.352. The lowest BCUT2D eigenvalue weighted by Crippen LogP contribution is -2.17. The average molecular weight is 464 g/mol. The minimum Gasteiger partial charge on any atom is -0.264 e. The third-order valence-electron chi connectivity index (χ3n) is 8.23. The van der Waals surface area contributed by atoms with E-state index in [1.165, 1.54) is 49.4 Å². The highest BCUT2D eigenvalue weighted by molar-refractivity contribution is 6.12. The molecule has 0 amide bonds. The second-order valence-corrected chi connectivity index (χ2v) is 10.2. The van der Waals surface area contributed by atoms with E-state index >= 15 is 0 Å². The summed E-state index contributed by atoms with van der Waals surface area (Å²) < 4.78 is 0. The molecule has 1 aromatic heterocycles. The zero-order chi connectivity index (χ0) is 23.9. The van der Waals surface area contributed by atoms with Crippen molar-refractivity contribution in [2.75, 3.05) is 0 Å². The van der Waals surface area contributed by atoms with Gasteiger partial charge in [0.1, 0.15) is 0 Å². The molecule has 0 N–H and O–H groups in total. The van der Waals surface area contributed by atoms with Gasteiger partial charge in [-0.2, -0.15) is 0 Å². The number of aromatic nitrogens is 1. The highest BCUT2D eigenvalue weighted by Gasteiger charge is 2.27. The maximum Gasteiger partial charge on any atom is 0.0346 e. The van der Waals surface area contributed by atoms with Crippen molar-refractivity contribution in [3.05, 3.63) is 138 Å². The first-order valence-electron chi connectivity index (χ1n) is 13.1. The first kappa shape index (κ1) is 21.3. The Morgan fingerprint density at radius 3 is 2.06 bits per heavy atom. The maximum atomic E-state index is 4.31. The van der Waals surface area contributed by atoms with E-state index in [0.29, 0.717) is 17.8 Å². The molecule has 174 valence electrons. The van der Waals surface area contributed by atoms with Crippen molar-refractivity contribution in [1.82, 2.24) is 4.98 Å². The molecule has 36 heavy (non-hydrogen) atoms. The summed E-state index contributed by atoms with van der Waals surface area (Å²) in [5.74, 6) is 1.60. The van der Waals surface area contributed by atoms with E-state index in [1.807, 2.05) is 18.5 Å². The van der Waals surface area contributed by atoms with Gasteiger partial charge in [-0.25, -0.2) is 0 Å². The number of hydrogen-bond donors (Lipinski definition) is 0. The number of allylic oxidation sites excluding steroid dienone is 10. The molecule has 0 saturated heterocycles. The summed E-state index contributed by atoms with van der Waals surface area (Å²) in [5, 5.41) is 5.56. The lowest BCUT2D eigenvalue weighted by atomic mass is 9.73. The summed E-state index contributed by atoms with van der Waals surface area (Å²) in [6.45, 7) is 0. The molecule has 3 aliphatic rings. The molecule has 1 nitrogen and oxygen atoms in total. The average Bonchev–Trinajstić information content (AvgIpc) is 2.96. The molecule has 0 spiro atoms. The molecule has 0 radical (unpaired) electrons. The summed E-state index contributed by atoms with van der Waals surface area (Å²) in [6, 6.07) is 22.3. The Bertz CT molecular complexity index is 1560. The summed E-state index contributed by atoms with van der Waals surface area (Å²) in [5.41, 5.74) is 6.86. The fraction of sp³-hybridized carbons (Fsp3) is 0.171. The van der Waals surface area contributed by atoms with Gasteiger partial charge in [0.2, 0.25) is 0 Å². The zero-order valence-electron chi connectivity index (χ0n) is 20.3. The van der Waals surface area contributed by atoms with E-state index in [1.54, 1.807) is 0 Å². The minimum absolute atomic E-state index is 0.352. The topological polar surface area (TPSA) is 12.9 Å². The predicted molar refractivity (Wildman–Crippen MR) is 153 cm³/mol. The van der Waals surface area contributed by atoms with Gasteiger partial charge in [-0.1, -0.05) is 103 Å². The summed E-state index contributed by atoms with van der Waals surface area (Å²) in [4.78, 5) is 4.31. The van der Waals surface area contributed by atoms with Crippen molar-refractivity contribution < 1.29 is 0 Å². The molecule has 3 aliphatic carbocycles. The van der Waals surface area contributed by atoms with Crippen molar-refractivity contribution in [3.8, 4) is 0 Å². The van der Waals surface area contributed by atoms with E-state index in [0.717, 1.165) is 19.3 Å². The van der Waals surface area contributed by atoms with E-state index in [2.05, 4.69) is 108 Å². The molecule has 3 unspecified atom stereocenters. The van der Waals surface area contributed by atoms with E-state index in [4.69, 9.17) is 0 Å². The van der Waals surface area contributed by atoms with Gasteiger partial charge in [-0.05, 0) is 86.5 Å². The monoisotopic (exact) mass is 463 g/mol. The molecule has 1 heteroatoms. The van der Waals surface area contributed by atoms with Gasteiger partial charge in [-0.3, -0.25) is 4.98 Å². The zero-order valence-corrected chi connectivity index (χ0v) is 20.3. The van der Waals surface area contributed by atoms with Crippen LogP contribution in [0.25, 0.3) is 32.7 Å². The van der Waals surface area contributed by atoms with Crippen molar-refractivity contribution >= 4 is 32.7 Å². The second-order valence-electron chi connectivity index (χ2n) is 10.2. The first-order valence-corrected chi connectivity index (χ1v) is 13.1. The van der Waals surface area contributed by atoms with Crippen LogP contribution in [0, 0.1) is 11.8 Å². The number of nitrogens with zero attached hydrogens (tertiary/aromatic N) is 1. The van der Waals surface area contributed by atoms with Crippen LogP contribution in [0.1, 0.15) is 41.9 Å². The van der Waals surface area contributed by atoms with Crippen LogP contribution in [0.2, 0.25) is 0 Å². The third-order valence-corrected chi connectivity index (χ3v) is 8.23. The van der Waals surface area contributed by atoms with Crippen LogP contribution in [-0.2, 0) is 0 Å². The highest BCUT2D eigenvalue weighted by Crippen LogP contribution is 2.46. The van der Waals surface area contributed by atoms with E-state index in [-0.39, 0.29) is 0 Å². The molecule has 0 fully saturated rings. The van der Waals surface area contributed by atoms with Gasteiger partial charge < -0.3 is 0 Å². The lowest BCUT2D eigenvalue weighted by molar-refractivity contribution is 0.468. The maximum absolute atomic E-state index is 4.31. The van der Waals surface area contributed by atoms with Crippen molar-refractivity contribution in [3.63, 3.8) is 0 Å². The molecular weight excluding hydrogens is 434 g/mol. The standard InChI is InChI=1S/C35H29N/c1-2-9-27-22-28(20-17-24(27)8-1)35-32-13-5-3-11-30(32)34(31-12-4-6-14-33(31)35)26-18-15-25(16-19-26)29-10-7-21-36-23-29/h1-16,18,20-21,23-24,26-27H,17,19,22H2. The Morgan fingerprint density at radius 1 is 0.667 bits per heavy atom. The molecule has 0 aliphatic heterocycles. The van der Waals surface area contributed by atoms with Crippen LogP contribution >= 0.6 is 0 Å². The number of hydrogen-bond acceptors (Lipinski definition) is 1. The van der Waals surface area contributed by atoms with Gasteiger partial charge in [0.05, 0.1) is 0 Å². The number of benzene rings is 3. The van der Waals surface area contributed by atoms with Crippen LogP contribution in [-0.4, -0.2) is 4.98 Å². The van der Waals surface area contributed by atoms with Gasteiger partial charge >= 0.3 is 0 Å². The van der Waals surface area contributed by atoms with Crippen LogP contribution in [0.5, 0.6) is 0 Å². The van der Waals surface area contributed by atoms with Crippen molar-refractivity contribution in [2.45, 2.75) is 25.2 Å². The normalized spacial score (nSPS) is 22.9. The van der Waals surface area contributed by atoms with Gasteiger partial charge in [-0.15, -0.1) is 0 Å². The molecule has 3 aromatic carbocycles. The van der Waals surface area contributed by atoms with Crippen LogP contribution in [0.4, 0.5) is 0 Å². The summed E-state index contributed by atoms with van der Waals surface area (Å²) >= 11 is 0. The fourth-order valence-electron chi connectivity index (χ4n) is 6.48. The molecule has 7 rings (SSSR count). The quantitative estimate of drug-likeness (QED) is 0.276. The molecular formula is C35H29N. The fourth-order valence-corrected chi connectivity index (χ4v) is 6.48. The van der Waals surface area contributed by atoms with E-state index < -0.39 is 0 Å². The number of rotatable bonds is 3. The Hall–Kier alpha value is -3.97. The van der Waals surface area contributed by atoms with Crippen LogP contribution in [0.3, 0.4) is 0 Å². The number of fused-ring (bicyclic) bond motifs is 3. The Labute approximate surface area is 212 Å². The Morgan fingerprint density at radius 2 is 1.39 bits per heavy atom. The van der Waals surface area contributed by atoms with Crippen molar-refractivity contribution in [2.24, 2.45) is 11.8 Å². The third kappa shape index (κ3) is 3.58. The Balaban J connectivity index is 1.38. The van der Waals surface area contributed by atoms with Crippen molar-refractivity contribution in [1.29, 1.82) is 0 Å². The first-order chi connectivity index (χ1) is 17.9. The molecule has 1 heterocycles. The van der Waals surface area contributed by atoms with E-state index in [9.17, 15) is 0 Å².